The molecule has 1 unspecified atom stereocenters. The molecule has 19 heavy (non-hydrogen) atoms. The van der Waals surface area contributed by atoms with Gasteiger partial charge in [0.2, 0.25) is 0 Å². The Labute approximate surface area is 116 Å². The Morgan fingerprint density at radius 1 is 1.53 bits per heavy atom. The molecule has 0 saturated carbocycles. The summed E-state index contributed by atoms with van der Waals surface area (Å²) in [7, 11) is 1.77. The zero-order valence-electron chi connectivity index (χ0n) is 10.9. The van der Waals surface area contributed by atoms with Gasteiger partial charge < -0.3 is 10.0 Å². The second-order valence-electron chi connectivity index (χ2n) is 4.48. The second kappa shape index (κ2) is 5.84. The SMILES string of the molecule is CC(Cc1cccs1)N(C)C(=O)c1cncc(O)c1. The lowest BCUT2D eigenvalue weighted by Gasteiger charge is -2.24. The Hall–Kier alpha value is -1.88. The number of aromatic nitrogens is 1. The van der Waals surface area contributed by atoms with Crippen LogP contribution in [0.1, 0.15) is 22.2 Å². The molecule has 1 N–H and O–H groups in total. The van der Waals surface area contributed by atoms with Crippen LogP contribution in [0.15, 0.2) is 36.0 Å². The number of carbonyl (C=O) groups is 1. The lowest BCUT2D eigenvalue weighted by Crippen LogP contribution is -2.36. The highest BCUT2D eigenvalue weighted by Gasteiger charge is 2.18. The highest BCUT2D eigenvalue weighted by molar-refractivity contribution is 7.09. The van der Waals surface area contributed by atoms with E-state index in [0.717, 1.165) is 6.42 Å². The van der Waals surface area contributed by atoms with E-state index in [0.29, 0.717) is 5.56 Å². The van der Waals surface area contributed by atoms with Gasteiger partial charge in [-0.2, -0.15) is 0 Å². The highest BCUT2D eigenvalue weighted by atomic mass is 32.1. The Morgan fingerprint density at radius 3 is 2.95 bits per heavy atom. The fourth-order valence-corrected chi connectivity index (χ4v) is 2.63. The maximum absolute atomic E-state index is 12.2. The van der Waals surface area contributed by atoms with Crippen LogP contribution in [0.4, 0.5) is 0 Å². The van der Waals surface area contributed by atoms with Crippen molar-refractivity contribution in [3.8, 4) is 5.75 Å². The van der Waals surface area contributed by atoms with Crippen LogP contribution < -0.4 is 0 Å². The van der Waals surface area contributed by atoms with Crippen LogP contribution >= 0.6 is 11.3 Å². The number of nitrogens with zero attached hydrogens (tertiary/aromatic N) is 2. The van der Waals surface area contributed by atoms with Gasteiger partial charge in [-0.3, -0.25) is 9.78 Å². The van der Waals surface area contributed by atoms with Crippen LogP contribution in [-0.4, -0.2) is 34.0 Å². The van der Waals surface area contributed by atoms with E-state index in [9.17, 15) is 9.90 Å². The first-order chi connectivity index (χ1) is 9.08. The number of rotatable bonds is 4. The van der Waals surface area contributed by atoms with Crippen molar-refractivity contribution in [2.75, 3.05) is 7.05 Å². The largest absolute Gasteiger partial charge is 0.506 e. The molecule has 2 rings (SSSR count). The predicted octanol–water partition coefficient (Wildman–Crippen LogP) is 2.55. The van der Waals surface area contributed by atoms with Gasteiger partial charge >= 0.3 is 0 Å². The molecule has 0 saturated heterocycles. The average Bonchev–Trinajstić information content (AvgIpc) is 2.89. The molecular weight excluding hydrogens is 260 g/mol. The minimum absolute atomic E-state index is 0.00478. The van der Waals surface area contributed by atoms with Crippen LogP contribution in [0.3, 0.4) is 0 Å². The lowest BCUT2D eigenvalue weighted by atomic mass is 10.1. The minimum Gasteiger partial charge on any atom is -0.506 e. The standard InChI is InChI=1S/C14H16N2O2S/c1-10(6-13-4-3-5-19-13)16(2)14(18)11-7-12(17)9-15-8-11/h3-5,7-10,17H,6H2,1-2H3. The Morgan fingerprint density at radius 2 is 2.32 bits per heavy atom. The van der Waals surface area contributed by atoms with Gasteiger partial charge in [-0.25, -0.2) is 0 Å². The number of likely N-dealkylation sites (N-methyl/N-ethyl adjacent to an activating group) is 1. The monoisotopic (exact) mass is 276 g/mol. The Kier molecular flexibility index (Phi) is 4.16. The molecule has 0 aliphatic heterocycles. The van der Waals surface area contributed by atoms with Gasteiger partial charge in [0.05, 0.1) is 11.8 Å². The maximum atomic E-state index is 12.2. The first-order valence-electron chi connectivity index (χ1n) is 6.01. The van der Waals surface area contributed by atoms with Gasteiger partial charge in [0.25, 0.3) is 5.91 Å². The molecule has 2 aromatic rings. The van der Waals surface area contributed by atoms with Gasteiger partial charge in [-0.05, 0) is 24.4 Å². The van der Waals surface area contributed by atoms with Gasteiger partial charge in [-0.1, -0.05) is 6.07 Å². The van der Waals surface area contributed by atoms with E-state index in [1.54, 1.807) is 23.3 Å². The zero-order chi connectivity index (χ0) is 13.8. The summed E-state index contributed by atoms with van der Waals surface area (Å²) in [6, 6.07) is 5.60. The molecule has 100 valence electrons. The van der Waals surface area contributed by atoms with E-state index in [1.807, 2.05) is 18.4 Å². The number of pyridine rings is 1. The van der Waals surface area contributed by atoms with Crippen molar-refractivity contribution in [3.63, 3.8) is 0 Å². The van der Waals surface area contributed by atoms with Crippen LogP contribution in [0.5, 0.6) is 5.75 Å². The van der Waals surface area contributed by atoms with Crippen LogP contribution in [-0.2, 0) is 6.42 Å². The first-order valence-corrected chi connectivity index (χ1v) is 6.89. The molecular formula is C14H16N2O2S. The van der Waals surface area contributed by atoms with Crippen molar-refractivity contribution in [3.05, 3.63) is 46.4 Å². The molecule has 0 aliphatic carbocycles. The van der Waals surface area contributed by atoms with Gasteiger partial charge in [0, 0.05) is 30.6 Å². The number of carbonyl (C=O) groups excluding carboxylic acids is 1. The number of amides is 1. The summed E-state index contributed by atoms with van der Waals surface area (Å²) < 4.78 is 0. The molecule has 4 nitrogen and oxygen atoms in total. The molecule has 1 amide bonds. The first kappa shape index (κ1) is 13.5. The van der Waals surface area contributed by atoms with Gasteiger partial charge in [-0.15, -0.1) is 11.3 Å². The third kappa shape index (κ3) is 3.32. The van der Waals surface area contributed by atoms with E-state index in [4.69, 9.17) is 0 Å². The summed E-state index contributed by atoms with van der Waals surface area (Å²) in [6.07, 6.45) is 3.61. The normalized spacial score (nSPS) is 12.1. The molecule has 2 aromatic heterocycles. The van der Waals surface area contributed by atoms with E-state index in [2.05, 4.69) is 11.1 Å². The summed E-state index contributed by atoms with van der Waals surface area (Å²) in [6.45, 7) is 2.01. The van der Waals surface area contributed by atoms with Crippen LogP contribution in [0.2, 0.25) is 0 Å². The van der Waals surface area contributed by atoms with Crippen molar-refractivity contribution in [1.29, 1.82) is 0 Å². The van der Waals surface area contributed by atoms with E-state index in [1.165, 1.54) is 23.3 Å². The van der Waals surface area contributed by atoms with Crippen molar-refractivity contribution in [2.24, 2.45) is 0 Å². The van der Waals surface area contributed by atoms with E-state index in [-0.39, 0.29) is 17.7 Å². The maximum Gasteiger partial charge on any atom is 0.255 e. The Bertz CT molecular complexity index is 554. The average molecular weight is 276 g/mol. The summed E-state index contributed by atoms with van der Waals surface area (Å²) in [5.41, 5.74) is 0.403. The van der Waals surface area contributed by atoms with Crippen LogP contribution in [0, 0.1) is 0 Å². The lowest BCUT2D eigenvalue weighted by molar-refractivity contribution is 0.0743. The molecule has 0 aromatic carbocycles. The second-order valence-corrected chi connectivity index (χ2v) is 5.51. The summed E-state index contributed by atoms with van der Waals surface area (Å²) in [5, 5.41) is 11.4. The van der Waals surface area contributed by atoms with Gasteiger partial charge in [0.15, 0.2) is 0 Å². The fraction of sp³-hybridized carbons (Fsp3) is 0.286. The molecule has 0 radical (unpaired) electrons. The van der Waals surface area contributed by atoms with Crippen molar-refractivity contribution in [2.45, 2.75) is 19.4 Å². The number of aromatic hydroxyl groups is 1. The third-order valence-electron chi connectivity index (χ3n) is 3.03. The highest BCUT2D eigenvalue weighted by Crippen LogP contribution is 2.16. The van der Waals surface area contributed by atoms with Gasteiger partial charge in [0.1, 0.15) is 5.75 Å². The molecule has 0 fully saturated rings. The van der Waals surface area contributed by atoms with Crippen LogP contribution in [0.25, 0.3) is 0 Å². The summed E-state index contributed by atoms with van der Waals surface area (Å²) in [5.74, 6) is -0.127. The third-order valence-corrected chi connectivity index (χ3v) is 3.93. The van der Waals surface area contributed by atoms with Crippen molar-refractivity contribution < 1.29 is 9.90 Å². The number of thiophene rings is 1. The summed E-state index contributed by atoms with van der Waals surface area (Å²) >= 11 is 1.69. The van der Waals surface area contributed by atoms with Crippen molar-refractivity contribution >= 4 is 17.2 Å². The molecule has 5 heteroatoms. The summed E-state index contributed by atoms with van der Waals surface area (Å²) in [4.78, 5) is 19.0. The molecule has 0 aliphatic rings. The minimum atomic E-state index is -0.132. The number of hydrogen-bond donors (Lipinski definition) is 1. The molecule has 2 heterocycles. The fourth-order valence-electron chi connectivity index (χ4n) is 1.81. The molecule has 0 bridgehead atoms. The topological polar surface area (TPSA) is 53.4 Å². The van der Waals surface area contributed by atoms with E-state index >= 15 is 0 Å². The number of hydrogen-bond acceptors (Lipinski definition) is 4. The zero-order valence-corrected chi connectivity index (χ0v) is 11.7. The van der Waals surface area contributed by atoms with Crippen molar-refractivity contribution in [1.82, 2.24) is 9.88 Å². The Balaban J connectivity index is 2.06. The van der Waals surface area contributed by atoms with E-state index < -0.39 is 0 Å². The predicted molar refractivity (Wildman–Crippen MR) is 75.5 cm³/mol. The quantitative estimate of drug-likeness (QED) is 0.933. The molecule has 1 atom stereocenters. The molecule has 0 spiro atoms. The smallest absolute Gasteiger partial charge is 0.255 e.